The highest BCUT2D eigenvalue weighted by Gasteiger charge is 2.24. The Hall–Kier alpha value is -0.0800. The molecule has 1 aliphatic rings. The summed E-state index contributed by atoms with van der Waals surface area (Å²) < 4.78 is 0. The molecule has 1 rings (SSSR count). The van der Waals surface area contributed by atoms with Crippen LogP contribution in [0, 0.1) is 5.41 Å². The number of hydrogen-bond acceptors (Lipinski definition) is 2. The van der Waals surface area contributed by atoms with Crippen molar-refractivity contribution >= 4 is 0 Å². The van der Waals surface area contributed by atoms with Gasteiger partial charge in [0.25, 0.3) is 0 Å². The van der Waals surface area contributed by atoms with Crippen molar-refractivity contribution in [3.05, 3.63) is 0 Å². The van der Waals surface area contributed by atoms with E-state index in [1.54, 1.807) is 0 Å². The molecule has 1 saturated carbocycles. The fraction of sp³-hybridized carbons (Fsp3) is 1.00. The first-order valence-corrected chi connectivity index (χ1v) is 7.44. The number of nitrogens with two attached hydrogens (primary N) is 1. The average Bonchev–Trinajstić information content (AvgIpc) is 2.29. The van der Waals surface area contributed by atoms with Gasteiger partial charge in [0.1, 0.15) is 0 Å². The summed E-state index contributed by atoms with van der Waals surface area (Å²) in [5.74, 6) is 0. The quantitative estimate of drug-likeness (QED) is 0.798. The zero-order valence-electron chi connectivity index (χ0n) is 12.3. The number of nitrogens with zero attached hydrogens (tertiary/aromatic N) is 1. The summed E-state index contributed by atoms with van der Waals surface area (Å²) in [5.41, 5.74) is 6.50. The molecule has 1 unspecified atom stereocenters. The summed E-state index contributed by atoms with van der Waals surface area (Å²) in [5, 5.41) is 0. The molecule has 0 aromatic carbocycles. The van der Waals surface area contributed by atoms with Crippen LogP contribution in [0.4, 0.5) is 0 Å². The summed E-state index contributed by atoms with van der Waals surface area (Å²) in [6.45, 7) is 11.4. The fourth-order valence-electron chi connectivity index (χ4n) is 2.78. The van der Waals surface area contributed by atoms with Crippen LogP contribution >= 0.6 is 0 Å². The van der Waals surface area contributed by atoms with Crippen molar-refractivity contribution < 1.29 is 0 Å². The maximum Gasteiger partial charge on any atom is 0.00998 e. The van der Waals surface area contributed by atoms with Gasteiger partial charge in [-0.15, -0.1) is 0 Å². The van der Waals surface area contributed by atoms with Crippen LogP contribution in [0.1, 0.15) is 66.2 Å². The Bertz CT molecular complexity index is 201. The minimum absolute atomic E-state index is 0.242. The van der Waals surface area contributed by atoms with E-state index >= 15 is 0 Å². The van der Waals surface area contributed by atoms with E-state index in [9.17, 15) is 0 Å². The molecular formula is C15H32N2. The minimum Gasteiger partial charge on any atom is -0.327 e. The molecule has 0 spiro atoms. The molecule has 1 atom stereocenters. The number of rotatable bonds is 5. The highest BCUT2D eigenvalue weighted by atomic mass is 15.1. The van der Waals surface area contributed by atoms with Crippen molar-refractivity contribution in [3.63, 3.8) is 0 Å². The molecule has 0 saturated heterocycles. The Morgan fingerprint density at radius 2 is 1.76 bits per heavy atom. The molecule has 0 amide bonds. The SMILES string of the molecule is CCN(CCC(N)C(C)(C)C)C1CCCCC1. The van der Waals surface area contributed by atoms with Crippen molar-refractivity contribution in [2.45, 2.75) is 78.3 Å². The molecule has 1 fully saturated rings. The summed E-state index contributed by atoms with van der Waals surface area (Å²) in [6, 6.07) is 1.15. The van der Waals surface area contributed by atoms with Gasteiger partial charge in [-0.2, -0.15) is 0 Å². The zero-order valence-corrected chi connectivity index (χ0v) is 12.3. The first-order valence-electron chi connectivity index (χ1n) is 7.44. The highest BCUT2D eigenvalue weighted by Crippen LogP contribution is 2.24. The van der Waals surface area contributed by atoms with Gasteiger partial charge in [0, 0.05) is 12.1 Å². The van der Waals surface area contributed by atoms with E-state index in [0.29, 0.717) is 6.04 Å². The van der Waals surface area contributed by atoms with Gasteiger partial charge in [0.15, 0.2) is 0 Å². The molecule has 2 N–H and O–H groups in total. The van der Waals surface area contributed by atoms with Crippen molar-refractivity contribution in [2.24, 2.45) is 11.1 Å². The summed E-state index contributed by atoms with van der Waals surface area (Å²) in [6.07, 6.45) is 8.22. The maximum absolute atomic E-state index is 6.26. The van der Waals surface area contributed by atoms with Crippen LogP contribution in [-0.4, -0.2) is 30.1 Å². The van der Waals surface area contributed by atoms with Crippen LogP contribution in [0.3, 0.4) is 0 Å². The third-order valence-corrected chi connectivity index (χ3v) is 4.34. The van der Waals surface area contributed by atoms with Crippen LogP contribution < -0.4 is 5.73 Å². The van der Waals surface area contributed by atoms with Gasteiger partial charge >= 0.3 is 0 Å². The molecule has 0 radical (unpaired) electrons. The van der Waals surface area contributed by atoms with Gasteiger partial charge in [-0.1, -0.05) is 47.0 Å². The second-order valence-corrected chi connectivity index (χ2v) is 6.68. The van der Waals surface area contributed by atoms with Gasteiger partial charge in [0.05, 0.1) is 0 Å². The summed E-state index contributed by atoms with van der Waals surface area (Å²) >= 11 is 0. The molecule has 2 heteroatoms. The van der Waals surface area contributed by atoms with Gasteiger partial charge in [-0.25, -0.2) is 0 Å². The molecule has 0 bridgehead atoms. The molecule has 102 valence electrons. The molecule has 0 aromatic heterocycles. The van der Waals surface area contributed by atoms with E-state index in [1.165, 1.54) is 45.2 Å². The lowest BCUT2D eigenvalue weighted by Crippen LogP contribution is -2.42. The summed E-state index contributed by atoms with van der Waals surface area (Å²) in [7, 11) is 0. The second-order valence-electron chi connectivity index (χ2n) is 6.68. The van der Waals surface area contributed by atoms with E-state index in [1.807, 2.05) is 0 Å². The Morgan fingerprint density at radius 1 is 1.18 bits per heavy atom. The normalized spacial score (nSPS) is 20.8. The van der Waals surface area contributed by atoms with E-state index < -0.39 is 0 Å². The Morgan fingerprint density at radius 3 is 2.24 bits per heavy atom. The molecule has 0 aromatic rings. The van der Waals surface area contributed by atoms with Crippen LogP contribution in [0.15, 0.2) is 0 Å². The maximum atomic E-state index is 6.26. The van der Waals surface area contributed by atoms with E-state index in [2.05, 4.69) is 32.6 Å². The molecular weight excluding hydrogens is 208 g/mol. The Kier molecular flexibility index (Phi) is 5.94. The van der Waals surface area contributed by atoms with Crippen LogP contribution in [0.25, 0.3) is 0 Å². The van der Waals surface area contributed by atoms with Crippen molar-refractivity contribution in [3.8, 4) is 0 Å². The average molecular weight is 240 g/mol. The predicted octanol–water partition coefficient (Wildman–Crippen LogP) is 3.40. The lowest BCUT2D eigenvalue weighted by molar-refractivity contribution is 0.148. The zero-order chi connectivity index (χ0) is 12.9. The third kappa shape index (κ3) is 4.97. The lowest BCUT2D eigenvalue weighted by Gasteiger charge is -2.35. The Labute approximate surface area is 108 Å². The molecule has 0 aliphatic heterocycles. The molecule has 0 heterocycles. The van der Waals surface area contributed by atoms with E-state index in [-0.39, 0.29) is 5.41 Å². The Balaban J connectivity index is 2.36. The predicted molar refractivity (Wildman–Crippen MR) is 76.2 cm³/mol. The van der Waals surface area contributed by atoms with Gasteiger partial charge in [-0.3, -0.25) is 0 Å². The van der Waals surface area contributed by atoms with Crippen LogP contribution in [0.5, 0.6) is 0 Å². The molecule has 2 nitrogen and oxygen atoms in total. The van der Waals surface area contributed by atoms with Gasteiger partial charge in [0.2, 0.25) is 0 Å². The fourth-order valence-corrected chi connectivity index (χ4v) is 2.78. The van der Waals surface area contributed by atoms with Crippen molar-refractivity contribution in [1.82, 2.24) is 4.90 Å². The topological polar surface area (TPSA) is 29.3 Å². The highest BCUT2D eigenvalue weighted by molar-refractivity contribution is 4.80. The second kappa shape index (κ2) is 6.75. The summed E-state index contributed by atoms with van der Waals surface area (Å²) in [4.78, 5) is 2.66. The van der Waals surface area contributed by atoms with Crippen LogP contribution in [0.2, 0.25) is 0 Å². The number of hydrogen-bond donors (Lipinski definition) is 1. The lowest BCUT2D eigenvalue weighted by atomic mass is 9.85. The first kappa shape index (κ1) is 15.0. The smallest absolute Gasteiger partial charge is 0.00998 e. The minimum atomic E-state index is 0.242. The van der Waals surface area contributed by atoms with Gasteiger partial charge in [-0.05, 0) is 37.8 Å². The van der Waals surface area contributed by atoms with Crippen LogP contribution in [-0.2, 0) is 0 Å². The molecule has 17 heavy (non-hydrogen) atoms. The van der Waals surface area contributed by atoms with E-state index in [4.69, 9.17) is 5.73 Å². The van der Waals surface area contributed by atoms with Gasteiger partial charge < -0.3 is 10.6 Å². The molecule has 1 aliphatic carbocycles. The third-order valence-electron chi connectivity index (χ3n) is 4.34. The monoisotopic (exact) mass is 240 g/mol. The van der Waals surface area contributed by atoms with E-state index in [0.717, 1.165) is 12.5 Å². The van der Waals surface area contributed by atoms with Crippen molar-refractivity contribution in [2.75, 3.05) is 13.1 Å². The first-order chi connectivity index (χ1) is 7.95. The largest absolute Gasteiger partial charge is 0.327 e. The van der Waals surface area contributed by atoms with Crippen molar-refractivity contribution in [1.29, 1.82) is 0 Å². The standard InChI is InChI=1S/C15H32N2/c1-5-17(13-9-7-6-8-10-13)12-11-14(16)15(2,3)4/h13-14H,5-12,16H2,1-4H3.